The Morgan fingerprint density at radius 3 is 2.61 bits per heavy atom. The zero-order chi connectivity index (χ0) is 24.4. The third-order valence-corrected chi connectivity index (χ3v) is 7.02. The van der Waals surface area contributed by atoms with E-state index in [2.05, 4.69) is 18.8 Å². The predicted molar refractivity (Wildman–Crippen MR) is 135 cm³/mol. The lowest BCUT2D eigenvalue weighted by Gasteiger charge is -2.37. The van der Waals surface area contributed by atoms with Crippen LogP contribution in [0.2, 0.25) is 0 Å². The summed E-state index contributed by atoms with van der Waals surface area (Å²) in [4.78, 5) is 27.8. The molecule has 1 unspecified atom stereocenters. The van der Waals surface area contributed by atoms with Crippen LogP contribution in [0.25, 0.3) is 28.1 Å². The molecule has 4 heterocycles. The molecular weight excluding hydrogens is 450 g/mol. The number of benzene rings is 2. The molecule has 5 aromatic rings. The summed E-state index contributed by atoms with van der Waals surface area (Å²) in [6.45, 7) is 4.20. The van der Waals surface area contributed by atoms with E-state index in [0.29, 0.717) is 47.2 Å². The zero-order valence-corrected chi connectivity index (χ0v) is 20.0. The summed E-state index contributed by atoms with van der Waals surface area (Å²) in [7, 11) is 0. The number of rotatable bonds is 2. The molecule has 0 N–H and O–H groups in total. The van der Waals surface area contributed by atoms with E-state index in [0.717, 1.165) is 22.0 Å². The van der Waals surface area contributed by atoms with E-state index in [1.165, 1.54) is 0 Å². The maximum absolute atomic E-state index is 13.5. The van der Waals surface area contributed by atoms with Crippen LogP contribution in [0, 0.1) is 5.41 Å². The van der Waals surface area contributed by atoms with Crippen LogP contribution in [0.3, 0.4) is 0 Å². The summed E-state index contributed by atoms with van der Waals surface area (Å²) >= 11 is 0. The van der Waals surface area contributed by atoms with Crippen LogP contribution in [0.15, 0.2) is 84.4 Å². The lowest BCUT2D eigenvalue weighted by atomic mass is 9.70. The Labute approximate surface area is 207 Å². The highest BCUT2D eigenvalue weighted by molar-refractivity contribution is 6.00. The summed E-state index contributed by atoms with van der Waals surface area (Å²) in [5.41, 5.74) is 4.47. The van der Waals surface area contributed by atoms with Gasteiger partial charge in [0.05, 0.1) is 11.1 Å². The van der Waals surface area contributed by atoms with E-state index in [1.54, 1.807) is 10.8 Å². The molecule has 0 spiro atoms. The minimum atomic E-state index is -0.327. The number of hydrogen-bond acceptors (Lipinski definition) is 6. The van der Waals surface area contributed by atoms with Gasteiger partial charge in [-0.15, -0.1) is 5.10 Å². The first-order chi connectivity index (χ1) is 17.5. The van der Waals surface area contributed by atoms with Gasteiger partial charge in [0.1, 0.15) is 17.8 Å². The second-order valence-corrected chi connectivity index (χ2v) is 10.3. The van der Waals surface area contributed by atoms with Gasteiger partial charge in [-0.1, -0.05) is 68.4 Å². The number of para-hydroxylation sites is 1. The highest BCUT2D eigenvalue weighted by Gasteiger charge is 2.43. The van der Waals surface area contributed by atoms with Crippen molar-refractivity contribution in [3.8, 4) is 17.4 Å². The summed E-state index contributed by atoms with van der Waals surface area (Å²) in [5.74, 6) is 1.47. The van der Waals surface area contributed by atoms with Gasteiger partial charge in [-0.25, -0.2) is 19.5 Å². The molecule has 7 heteroatoms. The van der Waals surface area contributed by atoms with Gasteiger partial charge in [-0.3, -0.25) is 4.79 Å². The summed E-state index contributed by atoms with van der Waals surface area (Å²) in [6.07, 6.45) is 2.78. The molecule has 2 aromatic carbocycles. The van der Waals surface area contributed by atoms with Crippen LogP contribution in [0.4, 0.5) is 0 Å². The summed E-state index contributed by atoms with van der Waals surface area (Å²) < 4.78 is 7.99. The molecule has 1 atom stereocenters. The summed E-state index contributed by atoms with van der Waals surface area (Å²) in [6, 6.07) is 21.9. The van der Waals surface area contributed by atoms with Crippen LogP contribution >= 0.6 is 0 Å². The second-order valence-electron chi connectivity index (χ2n) is 10.3. The minimum absolute atomic E-state index is 0.110. The fourth-order valence-electron chi connectivity index (χ4n) is 5.42. The minimum Gasteiger partial charge on any atom is -0.442 e. The molecule has 0 saturated heterocycles. The Kier molecular flexibility index (Phi) is 4.39. The van der Waals surface area contributed by atoms with Crippen molar-refractivity contribution < 1.29 is 9.53 Å². The smallest absolute Gasteiger partial charge is 0.228 e. The third kappa shape index (κ3) is 3.23. The molecule has 2 aliphatic rings. The molecular formula is C29H23N5O2. The fourth-order valence-corrected chi connectivity index (χ4v) is 5.42. The van der Waals surface area contributed by atoms with Gasteiger partial charge in [0.15, 0.2) is 11.4 Å². The van der Waals surface area contributed by atoms with Gasteiger partial charge in [0, 0.05) is 29.7 Å². The van der Waals surface area contributed by atoms with Crippen LogP contribution < -0.4 is 4.74 Å². The molecule has 176 valence electrons. The van der Waals surface area contributed by atoms with Crippen molar-refractivity contribution >= 4 is 22.3 Å². The van der Waals surface area contributed by atoms with Gasteiger partial charge in [-0.05, 0) is 23.1 Å². The van der Waals surface area contributed by atoms with E-state index in [4.69, 9.17) is 19.8 Å². The quantitative estimate of drug-likeness (QED) is 0.336. The molecule has 0 amide bonds. The number of fused-ring (bicyclic) bond motifs is 4. The van der Waals surface area contributed by atoms with E-state index < -0.39 is 0 Å². The van der Waals surface area contributed by atoms with Crippen LogP contribution in [-0.4, -0.2) is 30.3 Å². The number of aromatic nitrogens is 5. The van der Waals surface area contributed by atoms with Crippen LogP contribution in [0.5, 0.6) is 5.88 Å². The van der Waals surface area contributed by atoms with E-state index in [1.807, 2.05) is 66.7 Å². The van der Waals surface area contributed by atoms with Crippen molar-refractivity contribution in [1.29, 1.82) is 0 Å². The molecule has 0 radical (unpaired) electrons. The zero-order valence-electron chi connectivity index (χ0n) is 20.0. The lowest BCUT2D eigenvalue weighted by molar-refractivity contribution is -0.118. The first-order valence-electron chi connectivity index (χ1n) is 12.1. The molecule has 36 heavy (non-hydrogen) atoms. The number of carbonyl (C=O) groups excluding carboxylic acids is 1. The van der Waals surface area contributed by atoms with Crippen molar-refractivity contribution in [1.82, 2.24) is 24.6 Å². The monoisotopic (exact) mass is 473 g/mol. The standard InChI is InChI=1S/C29H23N5O2/c1-29(2)14-21(35)24-22(15-29)36-28-25(23(24)18-9-4-3-5-10-18)27-32-26(33-34(27)16-30-28)20-13-12-17-8-6-7-11-19(17)31-20/h3-13,16,23H,14-15H2,1-2H3. The third-order valence-electron chi connectivity index (χ3n) is 7.02. The van der Waals surface area contributed by atoms with Gasteiger partial charge in [0.2, 0.25) is 11.7 Å². The maximum atomic E-state index is 13.5. The Morgan fingerprint density at radius 1 is 0.944 bits per heavy atom. The predicted octanol–water partition coefficient (Wildman–Crippen LogP) is 5.51. The van der Waals surface area contributed by atoms with Gasteiger partial charge in [-0.2, -0.15) is 0 Å². The second kappa shape index (κ2) is 7.55. The summed E-state index contributed by atoms with van der Waals surface area (Å²) in [5, 5.41) is 5.75. The maximum Gasteiger partial charge on any atom is 0.228 e. The van der Waals surface area contributed by atoms with E-state index in [-0.39, 0.29) is 17.1 Å². The topological polar surface area (TPSA) is 82.3 Å². The van der Waals surface area contributed by atoms with Gasteiger partial charge in [0.25, 0.3) is 0 Å². The molecule has 7 nitrogen and oxygen atoms in total. The number of hydrogen-bond donors (Lipinski definition) is 0. The van der Waals surface area contributed by atoms with E-state index in [9.17, 15) is 4.79 Å². The van der Waals surface area contributed by atoms with Crippen molar-refractivity contribution in [2.24, 2.45) is 5.41 Å². The van der Waals surface area contributed by atoms with E-state index >= 15 is 0 Å². The highest BCUT2D eigenvalue weighted by Crippen LogP contribution is 2.50. The Bertz CT molecular complexity index is 1720. The first kappa shape index (κ1) is 20.9. The molecule has 0 saturated carbocycles. The number of pyridine rings is 1. The van der Waals surface area contributed by atoms with Crippen molar-refractivity contribution in [2.45, 2.75) is 32.6 Å². The van der Waals surface area contributed by atoms with Gasteiger partial charge >= 0.3 is 0 Å². The Hall–Kier alpha value is -4.39. The number of carbonyl (C=O) groups is 1. The first-order valence-corrected chi connectivity index (χ1v) is 12.1. The normalized spacial score (nSPS) is 18.7. The number of allylic oxidation sites excluding steroid dienone is 2. The Balaban J connectivity index is 1.45. The highest BCUT2D eigenvalue weighted by atomic mass is 16.5. The molecule has 0 bridgehead atoms. The van der Waals surface area contributed by atoms with Crippen molar-refractivity contribution in [3.63, 3.8) is 0 Å². The van der Waals surface area contributed by atoms with Crippen molar-refractivity contribution in [3.05, 3.63) is 95.5 Å². The van der Waals surface area contributed by atoms with Gasteiger partial charge < -0.3 is 4.74 Å². The number of Topliss-reactive ketones (excluding diaryl/α,β-unsaturated/α-hetero) is 1. The fraction of sp³-hybridized carbons (Fsp3) is 0.207. The molecule has 1 aliphatic heterocycles. The largest absolute Gasteiger partial charge is 0.442 e. The number of ketones is 1. The molecule has 0 fully saturated rings. The average molecular weight is 474 g/mol. The van der Waals surface area contributed by atoms with Crippen LogP contribution in [-0.2, 0) is 4.79 Å². The van der Waals surface area contributed by atoms with Crippen LogP contribution in [0.1, 0.15) is 43.7 Å². The SMILES string of the molecule is CC1(C)CC(=O)C2=C(C1)Oc1ncn3nc(-c4ccc5ccccc5n4)nc3c1C2c1ccccc1. The molecule has 3 aromatic heterocycles. The molecule has 7 rings (SSSR count). The average Bonchev–Trinajstić information content (AvgIpc) is 3.32. The molecule has 1 aliphatic carbocycles. The lowest BCUT2D eigenvalue weighted by Crippen LogP contribution is -2.33. The number of nitrogens with zero attached hydrogens (tertiary/aromatic N) is 5. The van der Waals surface area contributed by atoms with Crippen molar-refractivity contribution in [2.75, 3.05) is 0 Å². The Morgan fingerprint density at radius 2 is 1.75 bits per heavy atom. The number of ether oxygens (including phenoxy) is 1.